The summed E-state index contributed by atoms with van der Waals surface area (Å²) in [6.07, 6.45) is 5.84. The normalized spacial score (nSPS) is 15.6. The average molecular weight is 533 g/mol. The molecule has 2 N–H and O–H groups in total. The molecule has 1 fully saturated rings. The van der Waals surface area contributed by atoms with Crippen molar-refractivity contribution in [3.8, 4) is 0 Å². The highest BCUT2D eigenvalue weighted by atomic mass is 16.5. The highest BCUT2D eigenvalue weighted by molar-refractivity contribution is 5.80. The van der Waals surface area contributed by atoms with Gasteiger partial charge in [0, 0.05) is 13.1 Å². The Labute approximate surface area is 238 Å². The van der Waals surface area contributed by atoms with Gasteiger partial charge in [-0.3, -0.25) is 4.90 Å². The summed E-state index contributed by atoms with van der Waals surface area (Å²) in [7, 11) is 0. The number of nitrogens with zero attached hydrogens (tertiary/aromatic N) is 1. The fourth-order valence-corrected chi connectivity index (χ4v) is 5.91. The lowest BCUT2D eigenvalue weighted by Crippen LogP contribution is -2.62. The van der Waals surface area contributed by atoms with Crippen LogP contribution in [0.4, 0.5) is 0 Å². The van der Waals surface area contributed by atoms with Crippen LogP contribution in [0.2, 0.25) is 0 Å². The molecule has 0 heterocycles. The van der Waals surface area contributed by atoms with Gasteiger partial charge in [0.2, 0.25) is 0 Å². The number of carbonyl (C=O) groups excluding carboxylic acids is 1. The van der Waals surface area contributed by atoms with Gasteiger partial charge in [-0.15, -0.1) is 0 Å². The van der Waals surface area contributed by atoms with E-state index in [9.17, 15) is 4.79 Å². The molecule has 40 heavy (non-hydrogen) atoms. The predicted octanol–water partition coefficient (Wildman–Crippen LogP) is 7.65. The standard InChI is InChI=1S/C36H40N2O2/c37-36(26-29-16-6-1-7-17-29,38(27-30-18-8-2-9-19-30)28-31-20-10-3-11-21-31)35(39)40-34(32-22-12-4-13-23-32)33-24-14-5-15-25-33/h2-5,8-15,18-25,29,34H,1,6-7,16-17,26-28,37H2/t36-/m0/s1. The van der Waals surface area contributed by atoms with Gasteiger partial charge in [-0.25, -0.2) is 4.79 Å². The van der Waals surface area contributed by atoms with E-state index < -0.39 is 11.8 Å². The zero-order valence-corrected chi connectivity index (χ0v) is 23.2. The molecule has 1 aliphatic rings. The number of benzene rings is 4. The molecule has 5 rings (SSSR count). The molecule has 4 aromatic rings. The van der Waals surface area contributed by atoms with Crippen LogP contribution in [0.3, 0.4) is 0 Å². The molecule has 1 atom stereocenters. The molecule has 206 valence electrons. The summed E-state index contributed by atoms with van der Waals surface area (Å²) < 4.78 is 6.48. The maximum atomic E-state index is 14.5. The van der Waals surface area contributed by atoms with Crippen molar-refractivity contribution in [2.24, 2.45) is 11.7 Å². The van der Waals surface area contributed by atoms with Gasteiger partial charge in [0.05, 0.1) is 0 Å². The van der Waals surface area contributed by atoms with E-state index in [4.69, 9.17) is 10.5 Å². The molecule has 0 amide bonds. The van der Waals surface area contributed by atoms with E-state index >= 15 is 0 Å². The van der Waals surface area contributed by atoms with Crippen molar-refractivity contribution in [3.63, 3.8) is 0 Å². The van der Waals surface area contributed by atoms with Crippen molar-refractivity contribution in [1.82, 2.24) is 4.90 Å². The van der Waals surface area contributed by atoms with E-state index in [-0.39, 0.29) is 5.97 Å². The van der Waals surface area contributed by atoms with Crippen LogP contribution >= 0.6 is 0 Å². The van der Waals surface area contributed by atoms with E-state index in [1.807, 2.05) is 97.1 Å². The Morgan fingerprint density at radius 1 is 0.700 bits per heavy atom. The molecule has 0 radical (unpaired) electrons. The summed E-state index contributed by atoms with van der Waals surface area (Å²) in [4.78, 5) is 16.7. The fraction of sp³-hybridized carbons (Fsp3) is 0.306. The third-order valence-corrected chi connectivity index (χ3v) is 8.10. The second-order valence-corrected chi connectivity index (χ2v) is 11.1. The third kappa shape index (κ3) is 7.07. The third-order valence-electron chi connectivity index (χ3n) is 8.10. The van der Waals surface area contributed by atoms with E-state index in [0.29, 0.717) is 25.4 Å². The second-order valence-electron chi connectivity index (χ2n) is 11.1. The molecule has 1 saturated carbocycles. The van der Waals surface area contributed by atoms with Gasteiger partial charge >= 0.3 is 5.97 Å². The largest absolute Gasteiger partial charge is 0.450 e. The summed E-state index contributed by atoms with van der Waals surface area (Å²) >= 11 is 0. The Balaban J connectivity index is 1.52. The molecule has 4 heteroatoms. The average Bonchev–Trinajstić information content (AvgIpc) is 3.02. The summed E-state index contributed by atoms with van der Waals surface area (Å²) in [5.74, 6) is 0.00916. The Morgan fingerprint density at radius 2 is 1.12 bits per heavy atom. The van der Waals surface area contributed by atoms with Gasteiger partial charge < -0.3 is 10.5 Å². The number of ether oxygens (including phenoxy) is 1. The van der Waals surface area contributed by atoms with Crippen LogP contribution in [-0.4, -0.2) is 16.5 Å². The Bertz CT molecular complexity index is 1230. The van der Waals surface area contributed by atoms with Crippen LogP contribution in [-0.2, 0) is 22.6 Å². The lowest BCUT2D eigenvalue weighted by Gasteiger charge is -2.42. The maximum absolute atomic E-state index is 14.5. The molecule has 0 aromatic heterocycles. The molecule has 1 aliphatic carbocycles. The van der Waals surface area contributed by atoms with Crippen molar-refractivity contribution in [3.05, 3.63) is 144 Å². The SMILES string of the molecule is N[C@](CC1CCCCC1)(C(=O)OC(c1ccccc1)c1ccccc1)N(Cc1ccccc1)Cc1ccccc1. The highest BCUT2D eigenvalue weighted by Crippen LogP contribution is 2.35. The van der Waals surface area contributed by atoms with Gasteiger partial charge in [-0.2, -0.15) is 0 Å². The Kier molecular flexibility index (Phi) is 9.43. The van der Waals surface area contributed by atoms with Crippen LogP contribution in [0.1, 0.15) is 66.9 Å². The maximum Gasteiger partial charge on any atom is 0.342 e. The molecule has 0 unspecified atom stereocenters. The van der Waals surface area contributed by atoms with Gasteiger partial charge in [-0.05, 0) is 34.6 Å². The van der Waals surface area contributed by atoms with Crippen LogP contribution in [0.25, 0.3) is 0 Å². The minimum absolute atomic E-state index is 0.373. The van der Waals surface area contributed by atoms with E-state index in [1.165, 1.54) is 19.3 Å². The summed E-state index contributed by atoms with van der Waals surface area (Å²) in [6, 6.07) is 40.5. The minimum atomic E-state index is -1.30. The molecule has 0 spiro atoms. The van der Waals surface area contributed by atoms with E-state index in [2.05, 4.69) is 29.2 Å². The Hall–Kier alpha value is -3.73. The van der Waals surface area contributed by atoms with Crippen LogP contribution in [0.5, 0.6) is 0 Å². The van der Waals surface area contributed by atoms with Crippen molar-refractivity contribution in [1.29, 1.82) is 0 Å². The summed E-state index contributed by atoms with van der Waals surface area (Å²) in [5, 5.41) is 0. The molecular formula is C36H40N2O2. The van der Waals surface area contributed by atoms with Crippen molar-refractivity contribution in [2.45, 2.75) is 63.4 Å². The highest BCUT2D eigenvalue weighted by Gasteiger charge is 2.45. The number of hydrogen-bond donors (Lipinski definition) is 1. The first-order valence-corrected chi connectivity index (χ1v) is 14.5. The van der Waals surface area contributed by atoms with Crippen molar-refractivity contribution < 1.29 is 9.53 Å². The molecule has 0 saturated heterocycles. The van der Waals surface area contributed by atoms with Crippen molar-refractivity contribution >= 4 is 5.97 Å². The lowest BCUT2D eigenvalue weighted by molar-refractivity contribution is -0.165. The zero-order valence-electron chi connectivity index (χ0n) is 23.2. The van der Waals surface area contributed by atoms with Gasteiger partial charge in [0.25, 0.3) is 0 Å². The predicted molar refractivity (Wildman–Crippen MR) is 161 cm³/mol. The molecular weight excluding hydrogens is 492 g/mol. The lowest BCUT2D eigenvalue weighted by atomic mass is 9.82. The number of carbonyl (C=O) groups is 1. The fourth-order valence-electron chi connectivity index (χ4n) is 5.91. The van der Waals surface area contributed by atoms with Crippen LogP contribution < -0.4 is 5.73 Å². The van der Waals surface area contributed by atoms with E-state index in [1.54, 1.807) is 0 Å². The topological polar surface area (TPSA) is 55.6 Å². The number of esters is 1. The monoisotopic (exact) mass is 532 g/mol. The smallest absolute Gasteiger partial charge is 0.342 e. The second kappa shape index (κ2) is 13.6. The van der Waals surface area contributed by atoms with E-state index in [0.717, 1.165) is 35.1 Å². The van der Waals surface area contributed by atoms with Crippen LogP contribution in [0, 0.1) is 5.92 Å². The quantitative estimate of drug-likeness (QED) is 0.159. The summed E-state index contributed by atoms with van der Waals surface area (Å²) in [5.41, 5.74) is 10.2. The van der Waals surface area contributed by atoms with Crippen molar-refractivity contribution in [2.75, 3.05) is 0 Å². The first kappa shape index (κ1) is 27.8. The number of hydrogen-bond acceptors (Lipinski definition) is 4. The van der Waals surface area contributed by atoms with Gasteiger partial charge in [0.15, 0.2) is 11.8 Å². The van der Waals surface area contributed by atoms with Crippen LogP contribution in [0.15, 0.2) is 121 Å². The molecule has 0 aliphatic heterocycles. The molecule has 4 nitrogen and oxygen atoms in total. The number of rotatable bonds is 11. The minimum Gasteiger partial charge on any atom is -0.450 e. The van der Waals surface area contributed by atoms with Gasteiger partial charge in [0.1, 0.15) is 0 Å². The Morgan fingerprint density at radius 3 is 1.57 bits per heavy atom. The van der Waals surface area contributed by atoms with Gasteiger partial charge in [-0.1, -0.05) is 153 Å². The molecule has 0 bridgehead atoms. The first-order chi connectivity index (χ1) is 19.6. The number of nitrogens with two attached hydrogens (primary N) is 1. The summed E-state index contributed by atoms with van der Waals surface area (Å²) in [6.45, 7) is 1.10. The first-order valence-electron chi connectivity index (χ1n) is 14.5. The zero-order chi connectivity index (χ0) is 27.6. The molecule has 4 aromatic carbocycles.